The Morgan fingerprint density at radius 2 is 2.11 bits per heavy atom. The van der Waals surface area contributed by atoms with Crippen LogP contribution in [0.3, 0.4) is 0 Å². The third-order valence-corrected chi connectivity index (χ3v) is 3.43. The number of para-hydroxylation sites is 1. The topological polar surface area (TPSA) is 55.6 Å². The van der Waals surface area contributed by atoms with Gasteiger partial charge in [-0.05, 0) is 12.1 Å². The molecule has 1 saturated heterocycles. The minimum Gasteiger partial charge on any atom is -0.624 e. The monoisotopic (exact) mass is 258 g/mol. The van der Waals surface area contributed by atoms with E-state index in [1.807, 2.05) is 36.4 Å². The van der Waals surface area contributed by atoms with Gasteiger partial charge >= 0.3 is 0 Å². The maximum absolute atomic E-state index is 12.0. The fourth-order valence-corrected chi connectivity index (χ4v) is 2.33. The Bertz CT molecular complexity index is 561. The summed E-state index contributed by atoms with van der Waals surface area (Å²) in [5.74, 6) is 0.613. The van der Waals surface area contributed by atoms with Crippen LogP contribution in [-0.4, -0.2) is 47.0 Å². The number of hydrogen-bond acceptors (Lipinski definition) is 3. The van der Waals surface area contributed by atoms with Crippen LogP contribution in [0.2, 0.25) is 0 Å². The molecule has 0 aromatic heterocycles. The van der Waals surface area contributed by atoms with Gasteiger partial charge in [0.15, 0.2) is 0 Å². The molecule has 19 heavy (non-hydrogen) atoms. The number of ether oxygens (including phenoxy) is 1. The van der Waals surface area contributed by atoms with E-state index in [9.17, 15) is 10.0 Å². The molecule has 0 radical (unpaired) electrons. The average Bonchev–Trinajstić information content (AvgIpc) is 2.45. The second-order valence-corrected chi connectivity index (χ2v) is 4.66. The first-order chi connectivity index (χ1) is 9.16. The van der Waals surface area contributed by atoms with Crippen molar-refractivity contribution >= 4 is 11.6 Å². The number of hydrogen-bond donors (Lipinski definition) is 0. The predicted octanol–water partition coefficient (Wildman–Crippen LogP) is 0.796. The molecule has 0 saturated carbocycles. The zero-order valence-electron chi connectivity index (χ0n) is 10.5. The number of amides is 1. The van der Waals surface area contributed by atoms with Gasteiger partial charge in [-0.2, -0.15) is 0 Å². The molecular weight excluding hydrogens is 244 g/mol. The van der Waals surface area contributed by atoms with Crippen LogP contribution in [0.4, 0.5) is 0 Å². The Labute approximate surface area is 111 Å². The first-order valence-electron chi connectivity index (χ1n) is 6.14. The Hall–Kier alpha value is -2.30. The van der Waals surface area contributed by atoms with Gasteiger partial charge in [0, 0.05) is 6.08 Å². The summed E-state index contributed by atoms with van der Waals surface area (Å²) in [6.45, 7) is 0.356. The average molecular weight is 258 g/mol. The zero-order valence-corrected chi connectivity index (χ0v) is 10.5. The van der Waals surface area contributed by atoms with Gasteiger partial charge in [-0.25, -0.2) is 4.74 Å². The van der Waals surface area contributed by atoms with Crippen LogP contribution in [-0.2, 0) is 4.79 Å². The van der Waals surface area contributed by atoms with Crippen LogP contribution in [0.5, 0.6) is 5.75 Å². The standard InChI is InChI=1S/C14H14N2O3/c1-15(18)10-7-8-12-13(14(17)16(12)9-10)19-11-5-3-2-4-6-11/h2-8,12-13H,9H2,1H3/b15-10-/t12-,13+/m0/s1. The molecule has 2 heterocycles. The number of carbonyl (C=O) groups excluding carboxylic acids is 1. The molecule has 0 bridgehead atoms. The maximum atomic E-state index is 12.0. The summed E-state index contributed by atoms with van der Waals surface area (Å²) in [5.41, 5.74) is 0.586. The van der Waals surface area contributed by atoms with Crippen molar-refractivity contribution in [2.75, 3.05) is 13.6 Å². The highest BCUT2D eigenvalue weighted by molar-refractivity contribution is 6.01. The molecule has 1 aromatic carbocycles. The molecule has 1 amide bonds. The van der Waals surface area contributed by atoms with E-state index in [1.54, 1.807) is 11.0 Å². The molecule has 2 atom stereocenters. The van der Waals surface area contributed by atoms with Crippen LogP contribution in [0.1, 0.15) is 0 Å². The molecule has 1 aromatic rings. The van der Waals surface area contributed by atoms with Crippen molar-refractivity contribution in [2.45, 2.75) is 12.1 Å². The van der Waals surface area contributed by atoms with Gasteiger partial charge in [-0.1, -0.05) is 24.3 Å². The minimum absolute atomic E-state index is 0.0717. The number of fused-ring (bicyclic) bond motifs is 1. The van der Waals surface area contributed by atoms with E-state index >= 15 is 0 Å². The zero-order chi connectivity index (χ0) is 13.4. The molecular formula is C14H14N2O3. The molecule has 5 heteroatoms. The number of rotatable bonds is 2. The molecule has 2 aliphatic rings. The summed E-state index contributed by atoms with van der Waals surface area (Å²) in [6, 6.07) is 9.21. The van der Waals surface area contributed by atoms with Crippen molar-refractivity contribution in [3.63, 3.8) is 0 Å². The van der Waals surface area contributed by atoms with Gasteiger partial charge in [-0.15, -0.1) is 0 Å². The Balaban J connectivity index is 1.76. The van der Waals surface area contributed by atoms with Gasteiger partial charge in [0.25, 0.3) is 5.91 Å². The summed E-state index contributed by atoms with van der Waals surface area (Å²) >= 11 is 0. The summed E-state index contributed by atoms with van der Waals surface area (Å²) in [4.78, 5) is 13.7. The number of benzene rings is 1. The van der Waals surface area contributed by atoms with Gasteiger partial charge in [-0.3, -0.25) is 4.79 Å². The van der Waals surface area contributed by atoms with Crippen molar-refractivity contribution in [3.05, 3.63) is 47.7 Å². The van der Waals surface area contributed by atoms with Gasteiger partial charge in [0.05, 0.1) is 6.04 Å². The van der Waals surface area contributed by atoms with Crippen molar-refractivity contribution in [2.24, 2.45) is 0 Å². The van der Waals surface area contributed by atoms with Gasteiger partial charge in [0.1, 0.15) is 19.3 Å². The van der Waals surface area contributed by atoms with Crippen LogP contribution in [0, 0.1) is 5.21 Å². The molecule has 5 nitrogen and oxygen atoms in total. The molecule has 1 fully saturated rings. The molecule has 0 N–H and O–H groups in total. The fourth-order valence-electron chi connectivity index (χ4n) is 2.33. The van der Waals surface area contributed by atoms with Crippen LogP contribution >= 0.6 is 0 Å². The second-order valence-electron chi connectivity index (χ2n) is 4.66. The van der Waals surface area contributed by atoms with E-state index in [1.165, 1.54) is 7.05 Å². The number of hydroxylamine groups is 1. The van der Waals surface area contributed by atoms with Gasteiger partial charge in [0.2, 0.25) is 11.8 Å². The smallest absolute Gasteiger partial charge is 0.267 e. The predicted molar refractivity (Wildman–Crippen MR) is 70.1 cm³/mol. The molecule has 0 aliphatic carbocycles. The van der Waals surface area contributed by atoms with Crippen LogP contribution in [0.15, 0.2) is 42.5 Å². The maximum Gasteiger partial charge on any atom is 0.267 e. The normalized spacial score (nSPS) is 27.6. The van der Waals surface area contributed by atoms with Crippen molar-refractivity contribution < 1.29 is 14.3 Å². The third kappa shape index (κ3) is 1.97. The summed E-state index contributed by atoms with van der Waals surface area (Å²) in [7, 11) is 1.43. The van der Waals surface area contributed by atoms with Crippen LogP contribution < -0.4 is 4.74 Å². The highest BCUT2D eigenvalue weighted by atomic mass is 16.5. The molecule has 3 rings (SSSR count). The second kappa shape index (κ2) is 4.42. The lowest BCUT2D eigenvalue weighted by Crippen LogP contribution is -2.68. The van der Waals surface area contributed by atoms with E-state index in [0.717, 1.165) is 4.74 Å². The quantitative estimate of drug-likeness (QED) is 0.341. The van der Waals surface area contributed by atoms with Crippen LogP contribution in [0.25, 0.3) is 0 Å². The highest BCUT2D eigenvalue weighted by Crippen LogP contribution is 2.28. The van der Waals surface area contributed by atoms with E-state index in [4.69, 9.17) is 4.74 Å². The lowest BCUT2D eigenvalue weighted by atomic mass is 9.93. The number of carbonyl (C=O) groups is 1. The molecule has 0 unspecified atom stereocenters. The van der Waals surface area contributed by atoms with Crippen molar-refractivity contribution in [1.29, 1.82) is 0 Å². The molecule has 2 aliphatic heterocycles. The molecule has 98 valence electrons. The van der Waals surface area contributed by atoms with E-state index in [2.05, 4.69) is 0 Å². The minimum atomic E-state index is -0.475. The summed E-state index contributed by atoms with van der Waals surface area (Å²) < 4.78 is 6.47. The largest absolute Gasteiger partial charge is 0.624 e. The Morgan fingerprint density at radius 3 is 2.79 bits per heavy atom. The highest BCUT2D eigenvalue weighted by Gasteiger charge is 2.50. The number of β-lactam (4-membered cyclic amide) rings is 1. The number of nitrogens with zero attached hydrogens (tertiary/aromatic N) is 2. The Morgan fingerprint density at radius 1 is 1.37 bits per heavy atom. The fraction of sp³-hybridized carbons (Fsp3) is 0.286. The van der Waals surface area contributed by atoms with Crippen molar-refractivity contribution in [1.82, 2.24) is 4.90 Å². The van der Waals surface area contributed by atoms with Gasteiger partial charge < -0.3 is 14.8 Å². The van der Waals surface area contributed by atoms with E-state index in [0.29, 0.717) is 18.0 Å². The van der Waals surface area contributed by atoms with E-state index in [-0.39, 0.29) is 11.9 Å². The lowest BCUT2D eigenvalue weighted by molar-refractivity contribution is -0.423. The summed E-state index contributed by atoms with van der Waals surface area (Å²) in [6.07, 6.45) is 3.14. The first kappa shape index (κ1) is 11.8. The van der Waals surface area contributed by atoms with E-state index < -0.39 is 6.10 Å². The lowest BCUT2D eigenvalue weighted by Gasteiger charge is -2.46. The molecule has 0 spiro atoms. The first-order valence-corrected chi connectivity index (χ1v) is 6.14. The Kier molecular flexibility index (Phi) is 2.74. The SMILES string of the molecule is C/[N+]([O-])=C1\C=C[C@H]2[C@@H](Oc3ccccc3)C(=O)N2C1. The third-order valence-electron chi connectivity index (χ3n) is 3.43. The van der Waals surface area contributed by atoms with Crippen molar-refractivity contribution in [3.8, 4) is 5.75 Å². The summed E-state index contributed by atoms with van der Waals surface area (Å²) in [5, 5.41) is 11.2.